The lowest BCUT2D eigenvalue weighted by atomic mass is 10.3. The van der Waals surface area contributed by atoms with E-state index in [1.165, 1.54) is 0 Å². The fourth-order valence-electron chi connectivity index (χ4n) is 1.14. The maximum Gasteiger partial charge on any atom is 0.0661 e. The van der Waals surface area contributed by atoms with E-state index >= 15 is 0 Å². The minimum Gasteiger partial charge on any atom is -0.383 e. The molecule has 0 aliphatic rings. The summed E-state index contributed by atoms with van der Waals surface area (Å²) in [4.78, 5) is 0. The highest BCUT2D eigenvalue weighted by molar-refractivity contribution is 9.10. The second-order valence-corrected chi connectivity index (χ2v) is 3.83. The third-order valence-electron chi connectivity index (χ3n) is 1.69. The van der Waals surface area contributed by atoms with E-state index in [9.17, 15) is 0 Å². The molecule has 0 bridgehead atoms. The molecule has 0 radical (unpaired) electrons. The molecular weight excluding hydrogens is 230 g/mol. The number of anilines is 1. The Bertz CT molecular complexity index is 265. The van der Waals surface area contributed by atoms with E-state index in [-0.39, 0.29) is 0 Å². The third kappa shape index (κ3) is 3.36. The molecule has 0 spiro atoms. The van der Waals surface area contributed by atoms with E-state index in [2.05, 4.69) is 28.2 Å². The SMILES string of the molecule is COC[C@H](C)Nc1ccccc1Br. The summed E-state index contributed by atoms with van der Waals surface area (Å²) in [5, 5.41) is 3.34. The van der Waals surface area contributed by atoms with Gasteiger partial charge in [0, 0.05) is 23.3 Å². The fourth-order valence-corrected chi connectivity index (χ4v) is 1.53. The number of rotatable bonds is 4. The van der Waals surface area contributed by atoms with Gasteiger partial charge in [-0.15, -0.1) is 0 Å². The number of halogens is 1. The second-order valence-electron chi connectivity index (χ2n) is 2.98. The van der Waals surface area contributed by atoms with E-state index in [4.69, 9.17) is 4.74 Å². The largest absolute Gasteiger partial charge is 0.383 e. The Hall–Kier alpha value is -0.540. The van der Waals surface area contributed by atoms with Crippen molar-refractivity contribution in [3.63, 3.8) is 0 Å². The van der Waals surface area contributed by atoms with Gasteiger partial charge in [-0.25, -0.2) is 0 Å². The minimum absolute atomic E-state index is 0.323. The smallest absolute Gasteiger partial charge is 0.0661 e. The Kier molecular flexibility index (Phi) is 4.25. The van der Waals surface area contributed by atoms with Gasteiger partial charge in [0.25, 0.3) is 0 Å². The van der Waals surface area contributed by atoms with Crippen LogP contribution in [0, 0.1) is 0 Å². The van der Waals surface area contributed by atoms with Gasteiger partial charge in [0.2, 0.25) is 0 Å². The van der Waals surface area contributed by atoms with Crippen molar-refractivity contribution in [3.05, 3.63) is 28.7 Å². The molecule has 0 heterocycles. The van der Waals surface area contributed by atoms with Crippen molar-refractivity contribution < 1.29 is 4.74 Å². The first-order valence-corrected chi connectivity index (χ1v) is 5.03. The maximum absolute atomic E-state index is 5.04. The van der Waals surface area contributed by atoms with Crippen molar-refractivity contribution in [1.29, 1.82) is 0 Å². The summed E-state index contributed by atoms with van der Waals surface area (Å²) in [7, 11) is 1.71. The van der Waals surface area contributed by atoms with Crippen molar-refractivity contribution in [2.75, 3.05) is 19.0 Å². The maximum atomic E-state index is 5.04. The number of hydrogen-bond donors (Lipinski definition) is 1. The van der Waals surface area contributed by atoms with Crippen LogP contribution in [0.15, 0.2) is 28.7 Å². The van der Waals surface area contributed by atoms with Gasteiger partial charge in [-0.05, 0) is 35.0 Å². The molecule has 0 amide bonds. The molecular formula is C10H14BrNO. The Morgan fingerprint density at radius 3 is 2.77 bits per heavy atom. The van der Waals surface area contributed by atoms with Crippen molar-refractivity contribution in [3.8, 4) is 0 Å². The molecule has 1 aromatic carbocycles. The molecule has 1 rings (SSSR count). The predicted octanol–water partition coefficient (Wildman–Crippen LogP) is 2.90. The molecule has 1 aromatic rings. The number of ether oxygens (including phenoxy) is 1. The van der Waals surface area contributed by atoms with Gasteiger partial charge in [0.1, 0.15) is 0 Å². The zero-order valence-corrected chi connectivity index (χ0v) is 9.47. The Labute approximate surface area is 87.4 Å². The number of benzene rings is 1. The van der Waals surface area contributed by atoms with Crippen molar-refractivity contribution in [2.24, 2.45) is 0 Å². The van der Waals surface area contributed by atoms with Crippen LogP contribution < -0.4 is 5.32 Å². The molecule has 3 heteroatoms. The molecule has 0 aliphatic carbocycles. The third-order valence-corrected chi connectivity index (χ3v) is 2.38. The topological polar surface area (TPSA) is 21.3 Å². The first-order chi connectivity index (χ1) is 6.24. The van der Waals surface area contributed by atoms with Gasteiger partial charge in [-0.3, -0.25) is 0 Å². The van der Waals surface area contributed by atoms with Crippen LogP contribution in [-0.4, -0.2) is 19.8 Å². The summed E-state index contributed by atoms with van der Waals surface area (Å²) >= 11 is 3.47. The molecule has 0 saturated carbocycles. The Morgan fingerprint density at radius 1 is 1.46 bits per heavy atom. The molecule has 1 N–H and O–H groups in total. The number of methoxy groups -OCH3 is 1. The lowest BCUT2D eigenvalue weighted by molar-refractivity contribution is 0.190. The second kappa shape index (κ2) is 5.25. The van der Waals surface area contributed by atoms with Gasteiger partial charge in [0.15, 0.2) is 0 Å². The van der Waals surface area contributed by atoms with Gasteiger partial charge in [0.05, 0.1) is 6.61 Å². The highest BCUT2D eigenvalue weighted by atomic mass is 79.9. The first kappa shape index (κ1) is 10.5. The van der Waals surface area contributed by atoms with Gasteiger partial charge in [-0.2, -0.15) is 0 Å². The fraction of sp³-hybridized carbons (Fsp3) is 0.400. The first-order valence-electron chi connectivity index (χ1n) is 4.24. The quantitative estimate of drug-likeness (QED) is 0.879. The molecule has 0 aliphatic heterocycles. The van der Waals surface area contributed by atoms with Gasteiger partial charge < -0.3 is 10.1 Å². The molecule has 72 valence electrons. The zero-order valence-electron chi connectivity index (χ0n) is 7.88. The van der Waals surface area contributed by atoms with E-state index in [0.717, 1.165) is 10.2 Å². The summed E-state index contributed by atoms with van der Waals surface area (Å²) < 4.78 is 6.12. The summed E-state index contributed by atoms with van der Waals surface area (Å²) in [5.41, 5.74) is 1.10. The minimum atomic E-state index is 0.323. The van der Waals surface area contributed by atoms with Crippen LogP contribution in [0.5, 0.6) is 0 Å². The molecule has 2 nitrogen and oxygen atoms in total. The van der Waals surface area contributed by atoms with E-state index in [1.54, 1.807) is 7.11 Å². The van der Waals surface area contributed by atoms with Crippen LogP contribution in [0.3, 0.4) is 0 Å². The van der Waals surface area contributed by atoms with E-state index < -0.39 is 0 Å². The van der Waals surface area contributed by atoms with Crippen LogP contribution in [0.1, 0.15) is 6.92 Å². The van der Waals surface area contributed by atoms with Crippen LogP contribution >= 0.6 is 15.9 Å². The van der Waals surface area contributed by atoms with E-state index in [0.29, 0.717) is 12.6 Å². The summed E-state index contributed by atoms with van der Waals surface area (Å²) in [6.07, 6.45) is 0. The van der Waals surface area contributed by atoms with E-state index in [1.807, 2.05) is 24.3 Å². The molecule has 0 unspecified atom stereocenters. The Balaban J connectivity index is 2.58. The standard InChI is InChI=1S/C10H14BrNO/c1-8(7-13-2)12-10-6-4-3-5-9(10)11/h3-6,8,12H,7H2,1-2H3/t8-/m0/s1. The lowest BCUT2D eigenvalue weighted by Crippen LogP contribution is -2.20. The monoisotopic (exact) mass is 243 g/mol. The zero-order chi connectivity index (χ0) is 9.68. The van der Waals surface area contributed by atoms with Crippen molar-refractivity contribution in [2.45, 2.75) is 13.0 Å². The number of nitrogens with one attached hydrogen (secondary N) is 1. The summed E-state index contributed by atoms with van der Waals surface area (Å²) in [6, 6.07) is 8.38. The molecule has 1 atom stereocenters. The highest BCUT2D eigenvalue weighted by Gasteiger charge is 2.02. The molecule has 0 fully saturated rings. The van der Waals surface area contributed by atoms with Crippen molar-refractivity contribution >= 4 is 21.6 Å². The predicted molar refractivity (Wildman–Crippen MR) is 59.1 cm³/mol. The van der Waals surface area contributed by atoms with Gasteiger partial charge >= 0.3 is 0 Å². The average molecular weight is 244 g/mol. The number of hydrogen-bond acceptors (Lipinski definition) is 2. The normalized spacial score (nSPS) is 12.5. The van der Waals surface area contributed by atoms with Crippen LogP contribution in [0.4, 0.5) is 5.69 Å². The summed E-state index contributed by atoms with van der Waals surface area (Å²) in [6.45, 7) is 2.80. The average Bonchev–Trinajstić information content (AvgIpc) is 2.09. The molecule has 0 aromatic heterocycles. The molecule has 13 heavy (non-hydrogen) atoms. The van der Waals surface area contributed by atoms with Crippen LogP contribution in [0.25, 0.3) is 0 Å². The van der Waals surface area contributed by atoms with Crippen LogP contribution in [0.2, 0.25) is 0 Å². The van der Waals surface area contributed by atoms with Crippen molar-refractivity contribution in [1.82, 2.24) is 0 Å². The summed E-state index contributed by atoms with van der Waals surface area (Å²) in [5.74, 6) is 0. The van der Waals surface area contributed by atoms with Gasteiger partial charge in [-0.1, -0.05) is 12.1 Å². The highest BCUT2D eigenvalue weighted by Crippen LogP contribution is 2.21. The lowest BCUT2D eigenvalue weighted by Gasteiger charge is -2.15. The molecule has 0 saturated heterocycles. The Morgan fingerprint density at radius 2 is 2.15 bits per heavy atom. The number of para-hydroxylation sites is 1. The van der Waals surface area contributed by atoms with Crippen LogP contribution in [-0.2, 0) is 4.74 Å².